The number of esters is 1. The molecule has 4 heterocycles. The summed E-state index contributed by atoms with van der Waals surface area (Å²) >= 11 is 0. The van der Waals surface area contributed by atoms with E-state index in [1.54, 1.807) is 63.3 Å². The molecule has 0 spiro atoms. The van der Waals surface area contributed by atoms with Crippen LogP contribution in [0.25, 0.3) is 0 Å². The lowest BCUT2D eigenvalue weighted by Gasteiger charge is -2.46. The SMILES string of the molecule is C[C@@H]1[C@H](O)[C@@H](C)/C=C/C=C/C=C/C=C/C=C/C=C/C=C/[C@H](O[C@@H]2O[C@H](C)[C@@H](O)[C@H](N)[C@@H]2O)C[C@@H]2O[C@](O)(C[C@@H](O)C[C@@H](O)[C@H](O)CC[C@@H](O)C[C@@H](O)CC(=O)O[C@H]1C)C[C@H](O)[C@H]2C(=O)NCCN1CCOCC1.N[C@@H](CC(=O)O)C(=O)O.N[C@@H](CC(=O)O)C(=O)O. The molecule has 30 nitrogen and oxygen atoms in total. The molecule has 4 rings (SSSR count). The highest BCUT2D eigenvalue weighted by molar-refractivity contribution is 5.81. The number of morpholine rings is 1. The third kappa shape index (κ3) is 32.1. The number of aliphatic carboxylic acids is 4. The molecule has 1 amide bonds. The number of cyclic esters (lactones) is 1. The van der Waals surface area contributed by atoms with Gasteiger partial charge in [-0.1, -0.05) is 98.9 Å². The molecular weight excluding hydrogens is 1200 g/mol. The van der Waals surface area contributed by atoms with Crippen molar-refractivity contribution in [2.45, 2.75) is 201 Å². The fourth-order valence-corrected chi connectivity index (χ4v) is 9.82. The van der Waals surface area contributed by atoms with E-state index in [-0.39, 0.29) is 38.1 Å². The molecule has 0 aliphatic carbocycles. The maximum Gasteiger partial charge on any atom is 0.321 e. The van der Waals surface area contributed by atoms with Gasteiger partial charge in [-0.25, -0.2) is 0 Å². The van der Waals surface area contributed by atoms with E-state index in [0.29, 0.717) is 32.8 Å². The summed E-state index contributed by atoms with van der Waals surface area (Å²) in [5, 5.41) is 145. The van der Waals surface area contributed by atoms with Crippen LogP contribution < -0.4 is 22.5 Å². The lowest BCUT2D eigenvalue weighted by molar-refractivity contribution is -0.307. The zero-order chi connectivity index (χ0) is 68.5. The van der Waals surface area contributed by atoms with Crippen LogP contribution in [0, 0.1) is 17.8 Å². The number of carboxylic acid groups (broad SMARTS) is 4. The predicted molar refractivity (Wildman–Crippen MR) is 325 cm³/mol. The lowest BCUT2D eigenvalue weighted by atomic mass is 9.82. The number of hydrogen-bond acceptors (Lipinski definition) is 25. The summed E-state index contributed by atoms with van der Waals surface area (Å²) in [6.07, 6.45) is 3.79. The number of allylic oxidation sites excluding steroid dienone is 12. The molecule has 3 fully saturated rings. The first kappa shape index (κ1) is 81.4. The van der Waals surface area contributed by atoms with Crippen LogP contribution in [0.2, 0.25) is 0 Å². The molecule has 0 aromatic carbocycles. The van der Waals surface area contributed by atoms with Gasteiger partial charge < -0.3 is 118 Å². The van der Waals surface area contributed by atoms with Gasteiger partial charge in [0.1, 0.15) is 24.3 Å². The third-order valence-electron chi connectivity index (χ3n) is 15.3. The van der Waals surface area contributed by atoms with Crippen LogP contribution in [0.5, 0.6) is 0 Å². The van der Waals surface area contributed by atoms with Gasteiger partial charge in [-0.05, 0) is 33.1 Å². The molecule has 0 radical (unpaired) electrons. The Morgan fingerprint density at radius 1 is 0.648 bits per heavy atom. The van der Waals surface area contributed by atoms with Gasteiger partial charge in [0.15, 0.2) is 12.1 Å². The minimum absolute atomic E-state index is 0.0939. The number of carbonyl (C=O) groups is 6. The Bertz CT molecular complexity index is 2390. The monoisotopic (exact) mass is 1300 g/mol. The van der Waals surface area contributed by atoms with Crippen molar-refractivity contribution in [1.29, 1.82) is 0 Å². The van der Waals surface area contributed by atoms with Crippen molar-refractivity contribution < 1.29 is 124 Å². The molecule has 21 atom stereocenters. The molecule has 91 heavy (non-hydrogen) atoms. The van der Waals surface area contributed by atoms with Crippen LogP contribution in [0.4, 0.5) is 0 Å². The molecule has 2 bridgehead atoms. The number of fused-ring (bicyclic) bond motifs is 2. The fourth-order valence-electron chi connectivity index (χ4n) is 9.82. The Balaban J connectivity index is 0.00000135. The zero-order valence-corrected chi connectivity index (χ0v) is 51.9. The van der Waals surface area contributed by atoms with Gasteiger partial charge in [0.05, 0.1) is 112 Å². The number of hydrogen-bond donors (Lipinski definition) is 18. The van der Waals surface area contributed by atoms with Gasteiger partial charge in [-0.2, -0.15) is 0 Å². The largest absolute Gasteiger partial charge is 0.481 e. The summed E-state index contributed by atoms with van der Waals surface area (Å²) in [4.78, 5) is 68.1. The zero-order valence-electron chi connectivity index (χ0n) is 51.9. The molecule has 0 unspecified atom stereocenters. The number of rotatable bonds is 12. The lowest BCUT2D eigenvalue weighted by Crippen LogP contribution is -2.62. The molecule has 4 aliphatic rings. The van der Waals surface area contributed by atoms with E-state index in [2.05, 4.69) is 10.2 Å². The van der Waals surface area contributed by atoms with E-state index in [0.717, 1.165) is 0 Å². The molecule has 518 valence electrons. The van der Waals surface area contributed by atoms with Crippen LogP contribution >= 0.6 is 0 Å². The van der Waals surface area contributed by atoms with Gasteiger partial charge in [-0.3, -0.25) is 33.7 Å². The standard InChI is InChI=1S/C53H85N3O17.2C4H7NO4/c1-33-17-15-13-11-9-7-5-6-8-10-12-14-16-18-40(72-52-50(66)47(54)49(65)36(4)71-52)30-44-46(51(67)55-21-22-56-23-25-69-26-24-56)43(62)32-53(68,73-44)31-39(59)28-42(61)41(60)20-19-37(57)27-38(58)29-45(63)70-35(3)34(2)48(33)64;2*5-2(4(8)9)1-3(6)7/h5-18,33-44,46-50,52,57-62,64-66,68H,19-32,54H2,1-4H3,(H,55,67);2*2H,1,5H2,(H,6,7)(H,8,9)/b6-5+,9-7+,10-8+,13-11+,14-12+,17-15+,18-16+;;/t33-,34-,35-,36+,37+,38+,39-,40-,41+,42+,43-,44-,46+,47-,48+,49+,50-,52-,53+;2*2-/m000/s1. The average Bonchev–Trinajstić information content (AvgIpc) is 0.928. The first-order valence-electron chi connectivity index (χ1n) is 30.2. The van der Waals surface area contributed by atoms with Crippen molar-refractivity contribution in [2.75, 3.05) is 39.4 Å². The first-order valence-corrected chi connectivity index (χ1v) is 30.2. The van der Waals surface area contributed by atoms with Gasteiger partial charge in [0, 0.05) is 63.7 Å². The predicted octanol–water partition coefficient (Wildman–Crippen LogP) is -2.18. The van der Waals surface area contributed by atoms with Crippen molar-refractivity contribution in [1.82, 2.24) is 10.2 Å². The molecule has 3 saturated heterocycles. The maximum absolute atomic E-state index is 14.0. The topological polar surface area (TPSA) is 525 Å². The number of aliphatic hydroxyl groups excluding tert-OH is 9. The summed E-state index contributed by atoms with van der Waals surface area (Å²) in [7, 11) is 0. The van der Waals surface area contributed by atoms with Gasteiger partial charge >= 0.3 is 29.8 Å². The third-order valence-corrected chi connectivity index (χ3v) is 15.3. The van der Waals surface area contributed by atoms with Gasteiger partial charge in [0.2, 0.25) is 5.91 Å². The Hall–Kier alpha value is -5.72. The van der Waals surface area contributed by atoms with Gasteiger partial charge in [0.25, 0.3) is 0 Å². The average molecular weight is 1300 g/mol. The van der Waals surface area contributed by atoms with Crippen LogP contribution in [-0.4, -0.2) is 261 Å². The Morgan fingerprint density at radius 2 is 1.18 bits per heavy atom. The second kappa shape index (κ2) is 42.5. The van der Waals surface area contributed by atoms with Crippen LogP contribution in [0.15, 0.2) is 85.1 Å². The van der Waals surface area contributed by atoms with Crippen LogP contribution in [0.3, 0.4) is 0 Å². The van der Waals surface area contributed by atoms with Crippen molar-refractivity contribution in [3.05, 3.63) is 85.1 Å². The minimum atomic E-state index is -2.27. The Kier molecular flexibility index (Phi) is 38.0. The van der Waals surface area contributed by atoms with E-state index in [4.69, 9.17) is 61.3 Å². The molecule has 0 saturated carbocycles. The molecule has 0 aromatic heterocycles. The molecule has 0 aromatic rings. The smallest absolute Gasteiger partial charge is 0.321 e. The summed E-state index contributed by atoms with van der Waals surface area (Å²) in [6.45, 7) is 10.0. The van der Waals surface area contributed by atoms with Gasteiger partial charge in [-0.15, -0.1) is 0 Å². The summed E-state index contributed by atoms with van der Waals surface area (Å²) in [5.74, 6) is -10.6. The van der Waals surface area contributed by atoms with E-state index in [1.807, 2.05) is 49.5 Å². The number of amides is 1. The fraction of sp³-hybridized carbons (Fsp3) is 0.672. The summed E-state index contributed by atoms with van der Waals surface area (Å²) < 4.78 is 29.3. The number of carboxylic acids is 4. The number of ether oxygens (including phenoxy) is 5. The summed E-state index contributed by atoms with van der Waals surface area (Å²) in [5.41, 5.74) is 15.8. The molecule has 30 heteroatoms. The highest BCUT2D eigenvalue weighted by Gasteiger charge is 2.51. The second-order valence-corrected chi connectivity index (χ2v) is 23.1. The van der Waals surface area contributed by atoms with Crippen molar-refractivity contribution in [3.8, 4) is 0 Å². The van der Waals surface area contributed by atoms with Crippen LogP contribution in [-0.2, 0) is 52.5 Å². The number of nitrogens with zero attached hydrogens (tertiary/aromatic N) is 1. The molecule has 4 aliphatic heterocycles. The normalized spacial score (nSPS) is 37.2. The molecule has 21 N–H and O–H groups in total. The van der Waals surface area contributed by atoms with Crippen LogP contribution in [0.1, 0.15) is 91.9 Å². The van der Waals surface area contributed by atoms with Crippen molar-refractivity contribution in [2.24, 2.45) is 35.0 Å². The Morgan fingerprint density at radius 3 is 1.69 bits per heavy atom. The minimum Gasteiger partial charge on any atom is -0.481 e. The molecular formula is C61H99N5O25. The van der Waals surface area contributed by atoms with Crippen molar-refractivity contribution >= 4 is 35.8 Å². The highest BCUT2D eigenvalue weighted by Crippen LogP contribution is 2.38. The second-order valence-electron chi connectivity index (χ2n) is 23.1. The van der Waals surface area contributed by atoms with E-state index >= 15 is 0 Å². The van der Waals surface area contributed by atoms with E-state index in [1.165, 1.54) is 0 Å². The summed E-state index contributed by atoms with van der Waals surface area (Å²) in [6, 6.07) is -3.71. The highest BCUT2D eigenvalue weighted by atomic mass is 16.7. The number of aliphatic hydroxyl groups is 10. The Labute approximate surface area is 529 Å². The van der Waals surface area contributed by atoms with Crippen molar-refractivity contribution in [3.63, 3.8) is 0 Å². The maximum atomic E-state index is 14.0. The number of carbonyl (C=O) groups excluding carboxylic acids is 2. The first-order chi connectivity index (χ1) is 42.7. The van der Waals surface area contributed by atoms with E-state index < -0.39 is 196 Å². The number of nitrogens with two attached hydrogens (primary N) is 3. The van der Waals surface area contributed by atoms with E-state index in [9.17, 15) is 79.8 Å². The number of nitrogens with one attached hydrogen (secondary N) is 1. The quantitative estimate of drug-likeness (QED) is 0.0924.